The third kappa shape index (κ3) is 3.93. The number of aryl methyl sites for hydroxylation is 1. The average molecular weight is 337 g/mol. The third-order valence-corrected chi connectivity index (χ3v) is 3.73. The van der Waals surface area contributed by atoms with Gasteiger partial charge in [-0.2, -0.15) is 5.26 Å². The molecule has 2 aromatic rings. The summed E-state index contributed by atoms with van der Waals surface area (Å²) in [5, 5.41) is 11.7. The lowest BCUT2D eigenvalue weighted by atomic mass is 9.98. The molecule has 0 fully saturated rings. The highest BCUT2D eigenvalue weighted by molar-refractivity contribution is 6.09. The maximum Gasteiger partial charge on any atom is 0.250 e. The van der Waals surface area contributed by atoms with Crippen molar-refractivity contribution in [2.24, 2.45) is 5.92 Å². The molecule has 0 bridgehead atoms. The molecule has 0 radical (unpaired) electrons. The van der Waals surface area contributed by atoms with Crippen molar-refractivity contribution in [3.8, 4) is 17.6 Å². The molecule has 1 aliphatic rings. The van der Waals surface area contributed by atoms with Gasteiger partial charge in [0, 0.05) is 12.6 Å². The van der Waals surface area contributed by atoms with Gasteiger partial charge in [0.2, 0.25) is 6.79 Å². The number of nitrogens with one attached hydrogen (secondary N) is 1. The van der Waals surface area contributed by atoms with Crippen LogP contribution in [0.5, 0.6) is 11.5 Å². The molecular formula is C18H15N3O4. The first-order valence-corrected chi connectivity index (χ1v) is 7.70. The number of fused-ring (bicyclic) bond motifs is 1. The Hall–Kier alpha value is -3.40. The van der Waals surface area contributed by atoms with E-state index in [4.69, 9.17) is 9.47 Å². The maximum absolute atomic E-state index is 12.3. The number of hydrogen-bond donors (Lipinski definition) is 1. The SMILES string of the molecule is N#C[C@H](C(=O)CCc1ccc2c(c1)OCO2)C(=O)Nc1ccccn1. The molecular weight excluding hydrogens is 322 g/mol. The second kappa shape index (κ2) is 7.45. The summed E-state index contributed by atoms with van der Waals surface area (Å²) in [5.74, 6) is -0.868. The summed E-state index contributed by atoms with van der Waals surface area (Å²) in [6.45, 7) is 0.182. The van der Waals surface area contributed by atoms with Crippen molar-refractivity contribution < 1.29 is 19.1 Å². The molecule has 3 rings (SSSR count). The fourth-order valence-corrected chi connectivity index (χ4v) is 2.42. The number of aromatic nitrogens is 1. The van der Waals surface area contributed by atoms with Crippen LogP contribution in [-0.2, 0) is 16.0 Å². The normalized spacial score (nSPS) is 12.9. The number of amides is 1. The topological polar surface area (TPSA) is 101 Å². The van der Waals surface area contributed by atoms with Gasteiger partial charge in [0.15, 0.2) is 23.2 Å². The van der Waals surface area contributed by atoms with E-state index in [0.29, 0.717) is 23.7 Å². The monoisotopic (exact) mass is 337 g/mol. The van der Waals surface area contributed by atoms with Crippen LogP contribution in [0.3, 0.4) is 0 Å². The Bertz CT molecular complexity index is 830. The van der Waals surface area contributed by atoms with Gasteiger partial charge in [-0.25, -0.2) is 4.98 Å². The molecule has 7 nitrogen and oxygen atoms in total. The van der Waals surface area contributed by atoms with E-state index in [1.54, 1.807) is 36.4 Å². The van der Waals surface area contributed by atoms with Crippen LogP contribution in [0.1, 0.15) is 12.0 Å². The molecule has 0 unspecified atom stereocenters. The van der Waals surface area contributed by atoms with Gasteiger partial charge in [0.25, 0.3) is 5.91 Å². The molecule has 1 aromatic carbocycles. The summed E-state index contributed by atoms with van der Waals surface area (Å²) >= 11 is 0. The van der Waals surface area contributed by atoms with E-state index in [9.17, 15) is 14.9 Å². The Morgan fingerprint density at radius 1 is 1.24 bits per heavy atom. The largest absolute Gasteiger partial charge is 0.454 e. The van der Waals surface area contributed by atoms with Gasteiger partial charge in [-0.1, -0.05) is 12.1 Å². The van der Waals surface area contributed by atoms with E-state index in [-0.39, 0.29) is 13.2 Å². The first-order valence-electron chi connectivity index (χ1n) is 7.70. The van der Waals surface area contributed by atoms with Crippen molar-refractivity contribution >= 4 is 17.5 Å². The minimum Gasteiger partial charge on any atom is -0.454 e. The zero-order valence-corrected chi connectivity index (χ0v) is 13.3. The maximum atomic E-state index is 12.3. The van der Waals surface area contributed by atoms with Crippen molar-refractivity contribution in [1.29, 1.82) is 5.26 Å². The minimum atomic E-state index is -1.36. The van der Waals surface area contributed by atoms with Crippen molar-refractivity contribution in [3.63, 3.8) is 0 Å². The molecule has 0 spiro atoms. The Morgan fingerprint density at radius 3 is 2.84 bits per heavy atom. The number of carbonyl (C=O) groups excluding carboxylic acids is 2. The number of Topliss-reactive ketones (excluding diaryl/α,β-unsaturated/α-hetero) is 1. The van der Waals surface area contributed by atoms with E-state index < -0.39 is 17.6 Å². The van der Waals surface area contributed by atoms with Crippen LogP contribution in [0.4, 0.5) is 5.82 Å². The zero-order chi connectivity index (χ0) is 17.6. The highest BCUT2D eigenvalue weighted by Crippen LogP contribution is 2.32. The Kier molecular flexibility index (Phi) is 4.90. The first kappa shape index (κ1) is 16.5. The lowest BCUT2D eigenvalue weighted by molar-refractivity contribution is -0.128. The van der Waals surface area contributed by atoms with E-state index in [1.807, 2.05) is 6.07 Å². The number of ketones is 1. The van der Waals surface area contributed by atoms with Gasteiger partial charge in [0.05, 0.1) is 6.07 Å². The number of hydrogen-bond acceptors (Lipinski definition) is 6. The van der Waals surface area contributed by atoms with Crippen molar-refractivity contribution in [3.05, 3.63) is 48.2 Å². The molecule has 2 heterocycles. The molecule has 1 aliphatic heterocycles. The number of ether oxygens (including phenoxy) is 2. The predicted octanol–water partition coefficient (Wildman–Crippen LogP) is 2.09. The Balaban J connectivity index is 1.59. The lowest BCUT2D eigenvalue weighted by Gasteiger charge is -2.09. The molecule has 0 saturated carbocycles. The number of anilines is 1. The van der Waals surface area contributed by atoms with Crippen LogP contribution >= 0.6 is 0 Å². The molecule has 25 heavy (non-hydrogen) atoms. The summed E-state index contributed by atoms with van der Waals surface area (Å²) in [4.78, 5) is 28.3. The molecule has 1 atom stereocenters. The van der Waals surface area contributed by atoms with Crippen LogP contribution < -0.4 is 14.8 Å². The summed E-state index contributed by atoms with van der Waals surface area (Å²) in [6, 6.07) is 12.2. The molecule has 126 valence electrons. The van der Waals surface area contributed by atoms with Gasteiger partial charge in [-0.3, -0.25) is 9.59 Å². The smallest absolute Gasteiger partial charge is 0.250 e. The number of nitriles is 1. The van der Waals surface area contributed by atoms with Gasteiger partial charge in [-0.15, -0.1) is 0 Å². The number of carbonyl (C=O) groups is 2. The highest BCUT2D eigenvalue weighted by Gasteiger charge is 2.26. The molecule has 0 saturated heterocycles. The van der Waals surface area contributed by atoms with Crippen LogP contribution in [0.25, 0.3) is 0 Å². The van der Waals surface area contributed by atoms with Gasteiger partial charge in [0.1, 0.15) is 5.82 Å². The molecule has 1 amide bonds. The van der Waals surface area contributed by atoms with Crippen LogP contribution in [-0.4, -0.2) is 23.5 Å². The molecule has 7 heteroatoms. The number of nitrogens with zero attached hydrogens (tertiary/aromatic N) is 2. The summed E-state index contributed by atoms with van der Waals surface area (Å²) < 4.78 is 10.5. The fraction of sp³-hybridized carbons (Fsp3) is 0.222. The molecule has 0 aliphatic carbocycles. The van der Waals surface area contributed by atoms with Crippen LogP contribution in [0, 0.1) is 17.2 Å². The number of rotatable bonds is 6. The average Bonchev–Trinajstić information content (AvgIpc) is 3.09. The van der Waals surface area contributed by atoms with E-state index >= 15 is 0 Å². The van der Waals surface area contributed by atoms with Crippen LogP contribution in [0.2, 0.25) is 0 Å². The third-order valence-electron chi connectivity index (χ3n) is 3.73. The van der Waals surface area contributed by atoms with Crippen LogP contribution in [0.15, 0.2) is 42.6 Å². The summed E-state index contributed by atoms with van der Waals surface area (Å²) in [7, 11) is 0. The van der Waals surface area contributed by atoms with Gasteiger partial charge in [-0.05, 0) is 36.2 Å². The first-order chi connectivity index (χ1) is 12.2. The quantitative estimate of drug-likeness (QED) is 0.810. The number of pyridine rings is 1. The lowest BCUT2D eigenvalue weighted by Crippen LogP contribution is -2.29. The summed E-state index contributed by atoms with van der Waals surface area (Å²) in [5.41, 5.74) is 0.874. The minimum absolute atomic E-state index is 0.0769. The second-order valence-corrected chi connectivity index (χ2v) is 5.42. The fourth-order valence-electron chi connectivity index (χ4n) is 2.42. The molecule has 1 aromatic heterocycles. The van der Waals surface area contributed by atoms with Crippen molar-refractivity contribution in [2.45, 2.75) is 12.8 Å². The standard InChI is InChI=1S/C18H15N3O4/c19-10-13(18(23)21-17-3-1-2-8-20-17)14(22)6-4-12-5-7-15-16(9-12)25-11-24-15/h1-3,5,7-9,13H,4,6,11H2,(H,20,21,23)/t13-/m1/s1. The van der Waals surface area contributed by atoms with Crippen molar-refractivity contribution in [2.75, 3.05) is 12.1 Å². The van der Waals surface area contributed by atoms with Gasteiger partial charge < -0.3 is 14.8 Å². The zero-order valence-electron chi connectivity index (χ0n) is 13.3. The predicted molar refractivity (Wildman–Crippen MR) is 87.9 cm³/mol. The Labute approximate surface area is 144 Å². The molecule has 1 N–H and O–H groups in total. The number of benzene rings is 1. The van der Waals surface area contributed by atoms with E-state index in [2.05, 4.69) is 10.3 Å². The highest BCUT2D eigenvalue weighted by atomic mass is 16.7. The van der Waals surface area contributed by atoms with E-state index in [0.717, 1.165) is 5.56 Å². The summed E-state index contributed by atoms with van der Waals surface area (Å²) in [6.07, 6.45) is 2.00. The second-order valence-electron chi connectivity index (χ2n) is 5.42. The Morgan fingerprint density at radius 2 is 2.08 bits per heavy atom. The van der Waals surface area contributed by atoms with Crippen molar-refractivity contribution in [1.82, 2.24) is 4.98 Å². The van der Waals surface area contributed by atoms with E-state index in [1.165, 1.54) is 6.20 Å². The van der Waals surface area contributed by atoms with Gasteiger partial charge >= 0.3 is 0 Å².